The molecule has 0 bridgehead atoms. The minimum Gasteiger partial charge on any atom is -0.459 e. The second-order valence-corrected chi connectivity index (χ2v) is 11.6. The number of aliphatic hydroxyl groups is 1. The zero-order valence-electron chi connectivity index (χ0n) is 20.2. The summed E-state index contributed by atoms with van der Waals surface area (Å²) in [6.45, 7) is 4.57. The Balaban J connectivity index is 1.64. The highest BCUT2D eigenvalue weighted by Gasteiger charge is 2.49. The molecular formula is C25H33N3O6S. The molecule has 2 unspecified atom stereocenters. The van der Waals surface area contributed by atoms with Crippen molar-refractivity contribution in [1.82, 2.24) is 14.2 Å². The van der Waals surface area contributed by atoms with E-state index in [0.29, 0.717) is 25.3 Å². The number of piperidine rings is 1. The number of aromatic nitrogens is 1. The van der Waals surface area contributed by atoms with Crippen LogP contribution in [-0.2, 0) is 30.7 Å². The standard InChI is InChI=1S/C25H33N3O6S/c1-25-8-3-10-27-11-7-18-19-15-17(35(31,32)26-9-4-13-33-2)5-6-20(19)28(22(18)23(25)27)21(16-25)24(30)34-14-12-29/h5-6,15-16,23,26,29H,3-4,7-14H2,1-2H3. The molecule has 0 spiro atoms. The molecule has 5 rings (SSSR count). The van der Waals surface area contributed by atoms with Gasteiger partial charge in [0.2, 0.25) is 10.0 Å². The van der Waals surface area contributed by atoms with Gasteiger partial charge in [-0.05, 0) is 62.1 Å². The molecular weight excluding hydrogens is 470 g/mol. The van der Waals surface area contributed by atoms with Crippen LogP contribution < -0.4 is 4.72 Å². The number of nitrogens with one attached hydrogen (secondary N) is 1. The maximum atomic E-state index is 13.1. The number of methoxy groups -OCH3 is 1. The van der Waals surface area contributed by atoms with Gasteiger partial charge in [0.15, 0.2) is 0 Å². The van der Waals surface area contributed by atoms with Gasteiger partial charge in [0.25, 0.3) is 0 Å². The summed E-state index contributed by atoms with van der Waals surface area (Å²) >= 11 is 0. The molecule has 10 heteroatoms. The average Bonchev–Trinajstić information content (AvgIpc) is 3.18. The summed E-state index contributed by atoms with van der Waals surface area (Å²) in [5, 5.41) is 10.0. The lowest BCUT2D eigenvalue weighted by Gasteiger charge is -2.52. The maximum absolute atomic E-state index is 13.1. The van der Waals surface area contributed by atoms with Gasteiger partial charge in [-0.25, -0.2) is 17.9 Å². The largest absolute Gasteiger partial charge is 0.459 e. The van der Waals surface area contributed by atoms with Gasteiger partial charge in [-0.1, -0.05) is 6.92 Å². The number of aliphatic hydroxyl groups excluding tert-OH is 1. The molecule has 4 heterocycles. The topological polar surface area (TPSA) is 110 Å². The van der Waals surface area contributed by atoms with Crippen molar-refractivity contribution in [3.63, 3.8) is 0 Å². The fourth-order valence-corrected chi connectivity index (χ4v) is 7.16. The fourth-order valence-electron chi connectivity index (χ4n) is 6.06. The van der Waals surface area contributed by atoms with Crippen LogP contribution in [0, 0.1) is 5.41 Å². The van der Waals surface area contributed by atoms with Crippen molar-refractivity contribution < 1.29 is 27.8 Å². The number of fused-ring (bicyclic) bond motifs is 3. The number of nitrogens with zero attached hydrogens (tertiary/aromatic N) is 2. The highest BCUT2D eigenvalue weighted by atomic mass is 32.2. The summed E-state index contributed by atoms with van der Waals surface area (Å²) in [6, 6.07) is 5.25. The smallest absolute Gasteiger partial charge is 0.355 e. The van der Waals surface area contributed by atoms with Crippen molar-refractivity contribution in [2.24, 2.45) is 5.41 Å². The minimum atomic E-state index is -3.68. The first kappa shape index (κ1) is 24.5. The van der Waals surface area contributed by atoms with Crippen LogP contribution in [0.2, 0.25) is 0 Å². The van der Waals surface area contributed by atoms with E-state index in [9.17, 15) is 18.3 Å². The van der Waals surface area contributed by atoms with Crippen molar-refractivity contribution in [3.8, 4) is 0 Å². The number of carbonyl (C=O) groups is 1. The van der Waals surface area contributed by atoms with Crippen molar-refractivity contribution in [2.75, 3.05) is 46.6 Å². The van der Waals surface area contributed by atoms with Crippen molar-refractivity contribution in [1.29, 1.82) is 0 Å². The highest BCUT2D eigenvalue weighted by Crippen LogP contribution is 2.55. The highest BCUT2D eigenvalue weighted by molar-refractivity contribution is 7.89. The number of rotatable bonds is 9. The predicted octanol–water partition coefficient (Wildman–Crippen LogP) is 2.05. The van der Waals surface area contributed by atoms with E-state index < -0.39 is 16.0 Å². The second-order valence-electron chi connectivity index (χ2n) is 9.81. The number of carbonyl (C=O) groups excluding carboxylic acids is 1. The molecule has 3 aliphatic heterocycles. The van der Waals surface area contributed by atoms with E-state index in [1.165, 1.54) is 0 Å². The number of sulfonamides is 1. The first-order chi connectivity index (χ1) is 16.8. The third-order valence-corrected chi connectivity index (χ3v) is 8.97. The van der Waals surface area contributed by atoms with Crippen molar-refractivity contribution >= 4 is 32.6 Å². The minimum absolute atomic E-state index is 0.0685. The van der Waals surface area contributed by atoms with E-state index in [1.54, 1.807) is 25.3 Å². The van der Waals surface area contributed by atoms with Gasteiger partial charge in [0.05, 0.1) is 23.1 Å². The lowest BCUT2D eigenvalue weighted by atomic mass is 9.69. The molecule has 0 radical (unpaired) electrons. The van der Waals surface area contributed by atoms with Gasteiger partial charge in [-0.2, -0.15) is 0 Å². The number of hydrogen-bond donors (Lipinski definition) is 2. The van der Waals surface area contributed by atoms with E-state index in [2.05, 4.69) is 16.5 Å². The Morgan fingerprint density at radius 3 is 2.89 bits per heavy atom. The van der Waals surface area contributed by atoms with Crippen LogP contribution in [0.5, 0.6) is 0 Å². The summed E-state index contributed by atoms with van der Waals surface area (Å²) < 4.78 is 41.0. The Kier molecular flexibility index (Phi) is 6.52. The summed E-state index contributed by atoms with van der Waals surface area (Å²) in [4.78, 5) is 15.8. The molecule has 190 valence electrons. The quantitative estimate of drug-likeness (QED) is 0.398. The molecule has 1 aromatic heterocycles. The molecule has 0 aliphatic carbocycles. The first-order valence-electron chi connectivity index (χ1n) is 12.2. The van der Waals surface area contributed by atoms with Crippen LogP contribution in [0.4, 0.5) is 0 Å². The van der Waals surface area contributed by atoms with Crippen LogP contribution >= 0.6 is 0 Å². The molecule has 3 aliphatic rings. The van der Waals surface area contributed by atoms with Gasteiger partial charge in [-0.15, -0.1) is 0 Å². The molecule has 1 fully saturated rings. The Morgan fingerprint density at radius 2 is 2.11 bits per heavy atom. The van der Waals surface area contributed by atoms with Crippen molar-refractivity contribution in [2.45, 2.75) is 43.5 Å². The summed E-state index contributed by atoms with van der Waals surface area (Å²) in [7, 11) is -2.10. The molecule has 0 saturated carbocycles. The fraction of sp³-hybridized carbons (Fsp3) is 0.560. The predicted molar refractivity (Wildman–Crippen MR) is 131 cm³/mol. The Morgan fingerprint density at radius 1 is 1.29 bits per heavy atom. The molecule has 35 heavy (non-hydrogen) atoms. The van der Waals surface area contributed by atoms with E-state index >= 15 is 0 Å². The van der Waals surface area contributed by atoms with E-state index in [1.807, 2.05) is 10.6 Å². The Hall–Kier alpha value is -2.24. The summed E-state index contributed by atoms with van der Waals surface area (Å²) in [5.74, 6) is -0.474. The van der Waals surface area contributed by atoms with Gasteiger partial charge >= 0.3 is 5.97 Å². The molecule has 2 aromatic rings. The first-order valence-corrected chi connectivity index (χ1v) is 13.7. The van der Waals surface area contributed by atoms with E-state index in [-0.39, 0.29) is 29.6 Å². The Bertz CT molecular complexity index is 1280. The van der Waals surface area contributed by atoms with Gasteiger partial charge < -0.3 is 19.1 Å². The normalized spacial score (nSPS) is 23.7. The number of ether oxygens (including phenoxy) is 2. The third-order valence-electron chi connectivity index (χ3n) is 7.51. The van der Waals surface area contributed by atoms with Crippen LogP contribution in [-0.4, -0.2) is 75.5 Å². The molecule has 1 saturated heterocycles. The second kappa shape index (κ2) is 9.33. The number of benzene rings is 1. The third kappa shape index (κ3) is 4.11. The molecule has 9 nitrogen and oxygen atoms in total. The lowest BCUT2D eigenvalue weighted by molar-refractivity contribution is -0.138. The van der Waals surface area contributed by atoms with Crippen LogP contribution in [0.25, 0.3) is 16.6 Å². The molecule has 0 amide bonds. The van der Waals surface area contributed by atoms with Crippen LogP contribution in [0.15, 0.2) is 29.2 Å². The zero-order chi connectivity index (χ0) is 24.8. The zero-order valence-corrected chi connectivity index (χ0v) is 21.1. The SMILES string of the molecule is COCCCNS(=O)(=O)c1ccc2c(c1)c1c3n2C(C(=O)OCCO)=CC2(C)CCCN(CC1)C32. The average molecular weight is 504 g/mol. The molecule has 2 N–H and O–H groups in total. The van der Waals surface area contributed by atoms with Gasteiger partial charge in [-0.3, -0.25) is 4.90 Å². The summed E-state index contributed by atoms with van der Waals surface area (Å²) in [6.07, 6.45) is 5.41. The van der Waals surface area contributed by atoms with E-state index in [4.69, 9.17) is 9.47 Å². The van der Waals surface area contributed by atoms with Crippen LogP contribution in [0.1, 0.15) is 43.5 Å². The summed E-state index contributed by atoms with van der Waals surface area (Å²) in [5.41, 5.74) is 3.18. The van der Waals surface area contributed by atoms with Crippen molar-refractivity contribution in [3.05, 3.63) is 35.5 Å². The number of hydrogen-bond acceptors (Lipinski definition) is 7. The molecule has 1 aromatic carbocycles. The van der Waals surface area contributed by atoms with E-state index in [0.717, 1.165) is 54.5 Å². The maximum Gasteiger partial charge on any atom is 0.355 e. The van der Waals surface area contributed by atoms with Gasteiger partial charge in [0.1, 0.15) is 12.3 Å². The lowest BCUT2D eigenvalue weighted by Crippen LogP contribution is -2.50. The van der Waals surface area contributed by atoms with Crippen LogP contribution in [0.3, 0.4) is 0 Å². The molecule has 2 atom stereocenters. The number of esters is 1. The monoisotopic (exact) mass is 503 g/mol. The Labute approximate surface area is 205 Å². The van der Waals surface area contributed by atoms with Gasteiger partial charge in [0, 0.05) is 43.3 Å².